The number of aryl methyl sites for hydroxylation is 2. The molecule has 1 aromatic rings. The predicted octanol–water partition coefficient (Wildman–Crippen LogP) is 4.50. The second-order valence-electron chi connectivity index (χ2n) is 7.52. The summed E-state index contributed by atoms with van der Waals surface area (Å²) in [6.07, 6.45) is 2.25. The quantitative estimate of drug-likeness (QED) is 0.769. The molecule has 1 aromatic carbocycles. The molecule has 126 valence electrons. The Hall–Kier alpha value is -1.77. The molecule has 0 spiro atoms. The largest absolute Gasteiger partial charge is 0.467 e. The Kier molecular flexibility index (Phi) is 4.61. The summed E-state index contributed by atoms with van der Waals surface area (Å²) in [4.78, 5) is 14.7. The number of ether oxygens (including phenoxy) is 1. The predicted molar refractivity (Wildman–Crippen MR) is 96.8 cm³/mol. The second kappa shape index (κ2) is 6.03. The lowest BCUT2D eigenvalue weighted by Crippen LogP contribution is -2.56. The summed E-state index contributed by atoms with van der Waals surface area (Å²) >= 11 is 0. The van der Waals surface area contributed by atoms with Gasteiger partial charge in [0.15, 0.2) is 0 Å². The summed E-state index contributed by atoms with van der Waals surface area (Å²) in [6.45, 7) is 14.9. The van der Waals surface area contributed by atoms with Crippen LogP contribution in [0, 0.1) is 19.8 Å². The van der Waals surface area contributed by atoms with E-state index in [0.29, 0.717) is 0 Å². The van der Waals surface area contributed by atoms with Gasteiger partial charge in [-0.25, -0.2) is 4.79 Å². The average molecular weight is 315 g/mol. The number of carbonyl (C=O) groups is 1. The van der Waals surface area contributed by atoms with Gasteiger partial charge < -0.3 is 9.64 Å². The third-order valence-corrected chi connectivity index (χ3v) is 4.84. The lowest BCUT2D eigenvalue weighted by molar-refractivity contribution is -0.143. The highest BCUT2D eigenvalue weighted by Gasteiger charge is 2.41. The van der Waals surface area contributed by atoms with Crippen molar-refractivity contribution in [2.45, 2.75) is 60.0 Å². The molecular weight excluding hydrogens is 286 g/mol. The number of hydrogen-bond acceptors (Lipinski definition) is 3. The fraction of sp³-hybridized carbons (Fsp3) is 0.550. The molecule has 0 saturated heterocycles. The molecule has 23 heavy (non-hydrogen) atoms. The molecule has 1 atom stereocenters. The number of methoxy groups -OCH3 is 1. The third-order valence-electron chi connectivity index (χ3n) is 4.84. The number of allylic oxidation sites excluding steroid dienone is 1. The molecule has 0 fully saturated rings. The van der Waals surface area contributed by atoms with Crippen LogP contribution in [0.15, 0.2) is 18.2 Å². The fourth-order valence-electron chi connectivity index (χ4n) is 3.61. The molecule has 0 saturated carbocycles. The van der Waals surface area contributed by atoms with E-state index in [1.807, 2.05) is 0 Å². The van der Waals surface area contributed by atoms with E-state index in [-0.39, 0.29) is 23.5 Å². The molecule has 1 unspecified atom stereocenters. The van der Waals surface area contributed by atoms with E-state index < -0.39 is 0 Å². The summed E-state index contributed by atoms with van der Waals surface area (Å²) in [5, 5.41) is 0. The minimum atomic E-state index is -0.305. The number of hydrogen-bond donors (Lipinski definition) is 0. The Morgan fingerprint density at radius 1 is 1.13 bits per heavy atom. The molecule has 0 N–H and O–H groups in total. The SMILES string of the molecule is COC(=O)C(C(C)C)N1c2cc(C)c(C)cc2C(C)=CC1(C)C. The van der Waals surface area contributed by atoms with Gasteiger partial charge in [-0.3, -0.25) is 0 Å². The maximum absolute atomic E-state index is 12.5. The van der Waals surface area contributed by atoms with Crippen LogP contribution in [-0.2, 0) is 9.53 Å². The first kappa shape index (κ1) is 17.6. The zero-order chi connectivity index (χ0) is 17.5. The van der Waals surface area contributed by atoms with Gasteiger partial charge in [0.05, 0.1) is 12.6 Å². The Balaban J connectivity index is 2.72. The number of rotatable bonds is 3. The summed E-state index contributed by atoms with van der Waals surface area (Å²) in [7, 11) is 1.47. The fourth-order valence-corrected chi connectivity index (χ4v) is 3.61. The van der Waals surface area contributed by atoms with Gasteiger partial charge in [-0.1, -0.05) is 19.9 Å². The zero-order valence-electron chi connectivity index (χ0n) is 15.7. The highest BCUT2D eigenvalue weighted by molar-refractivity contribution is 5.88. The molecule has 0 aliphatic carbocycles. The molecule has 1 heterocycles. The van der Waals surface area contributed by atoms with E-state index >= 15 is 0 Å². The highest BCUT2D eigenvalue weighted by Crippen LogP contribution is 2.42. The van der Waals surface area contributed by atoms with Gasteiger partial charge >= 0.3 is 5.97 Å². The van der Waals surface area contributed by atoms with Crippen molar-refractivity contribution >= 4 is 17.2 Å². The van der Waals surface area contributed by atoms with Gasteiger partial charge in [0.2, 0.25) is 0 Å². The van der Waals surface area contributed by atoms with Crippen LogP contribution in [-0.4, -0.2) is 24.7 Å². The van der Waals surface area contributed by atoms with Crippen LogP contribution in [0.25, 0.3) is 5.57 Å². The van der Waals surface area contributed by atoms with E-state index in [1.165, 1.54) is 29.4 Å². The molecule has 3 nitrogen and oxygen atoms in total. The van der Waals surface area contributed by atoms with Gasteiger partial charge in [-0.15, -0.1) is 0 Å². The first-order valence-electron chi connectivity index (χ1n) is 8.28. The van der Waals surface area contributed by atoms with E-state index in [2.05, 4.69) is 71.6 Å². The van der Waals surface area contributed by atoms with Crippen molar-refractivity contribution in [3.05, 3.63) is 34.9 Å². The maximum atomic E-state index is 12.5. The second-order valence-corrected chi connectivity index (χ2v) is 7.52. The van der Waals surface area contributed by atoms with Crippen LogP contribution in [0.3, 0.4) is 0 Å². The van der Waals surface area contributed by atoms with E-state index in [1.54, 1.807) is 0 Å². The Bertz CT molecular complexity index is 656. The monoisotopic (exact) mass is 315 g/mol. The molecule has 2 rings (SSSR count). The first-order valence-corrected chi connectivity index (χ1v) is 8.28. The van der Waals surface area contributed by atoms with Crippen molar-refractivity contribution in [3.63, 3.8) is 0 Å². The van der Waals surface area contributed by atoms with Gasteiger partial charge in [-0.05, 0) is 69.4 Å². The number of anilines is 1. The Morgan fingerprint density at radius 3 is 2.22 bits per heavy atom. The summed E-state index contributed by atoms with van der Waals surface area (Å²) in [6, 6.07) is 4.13. The molecule has 0 bridgehead atoms. The summed E-state index contributed by atoms with van der Waals surface area (Å²) in [5.74, 6) is -0.0202. The summed E-state index contributed by atoms with van der Waals surface area (Å²) in [5.41, 5.74) is 5.87. The van der Waals surface area contributed by atoms with Crippen molar-refractivity contribution in [2.24, 2.45) is 5.92 Å². The van der Waals surface area contributed by atoms with Crippen LogP contribution in [0.1, 0.15) is 51.3 Å². The van der Waals surface area contributed by atoms with E-state index in [0.717, 1.165) is 5.69 Å². The number of nitrogens with zero attached hydrogens (tertiary/aromatic N) is 1. The smallest absolute Gasteiger partial charge is 0.328 e. The van der Waals surface area contributed by atoms with E-state index in [4.69, 9.17) is 4.74 Å². The van der Waals surface area contributed by atoms with Crippen molar-refractivity contribution in [3.8, 4) is 0 Å². The topological polar surface area (TPSA) is 29.5 Å². The van der Waals surface area contributed by atoms with Crippen LogP contribution in [0.2, 0.25) is 0 Å². The van der Waals surface area contributed by atoms with Crippen molar-refractivity contribution in [2.75, 3.05) is 12.0 Å². The van der Waals surface area contributed by atoms with Crippen LogP contribution in [0.4, 0.5) is 5.69 Å². The lowest BCUT2D eigenvalue weighted by atomic mass is 9.84. The van der Waals surface area contributed by atoms with Gasteiger partial charge in [0.1, 0.15) is 6.04 Å². The molecule has 0 aromatic heterocycles. The number of fused-ring (bicyclic) bond motifs is 1. The van der Waals surface area contributed by atoms with Gasteiger partial charge in [0.25, 0.3) is 0 Å². The van der Waals surface area contributed by atoms with Crippen molar-refractivity contribution in [1.29, 1.82) is 0 Å². The molecule has 0 radical (unpaired) electrons. The Morgan fingerprint density at radius 2 is 1.70 bits per heavy atom. The van der Waals surface area contributed by atoms with Gasteiger partial charge in [0, 0.05) is 11.3 Å². The normalized spacial score (nSPS) is 17.6. The van der Waals surface area contributed by atoms with Crippen LogP contribution < -0.4 is 4.90 Å². The summed E-state index contributed by atoms with van der Waals surface area (Å²) < 4.78 is 5.11. The minimum Gasteiger partial charge on any atom is -0.467 e. The minimum absolute atomic E-state index is 0.156. The van der Waals surface area contributed by atoms with Crippen LogP contribution >= 0.6 is 0 Å². The molecular formula is C20H29NO2. The average Bonchev–Trinajstić information content (AvgIpc) is 2.44. The zero-order valence-corrected chi connectivity index (χ0v) is 15.7. The highest BCUT2D eigenvalue weighted by atomic mass is 16.5. The van der Waals surface area contributed by atoms with Gasteiger partial charge in [-0.2, -0.15) is 0 Å². The van der Waals surface area contributed by atoms with E-state index in [9.17, 15) is 4.79 Å². The number of carbonyl (C=O) groups excluding carboxylic acids is 1. The molecule has 1 aliphatic rings. The molecule has 1 aliphatic heterocycles. The third kappa shape index (κ3) is 3.01. The van der Waals surface area contributed by atoms with Crippen molar-refractivity contribution in [1.82, 2.24) is 0 Å². The first-order chi connectivity index (χ1) is 10.6. The molecule has 0 amide bonds. The van der Waals surface area contributed by atoms with Crippen molar-refractivity contribution < 1.29 is 9.53 Å². The maximum Gasteiger partial charge on any atom is 0.328 e. The van der Waals surface area contributed by atoms with Crippen LogP contribution in [0.5, 0.6) is 0 Å². The Labute approximate surface area is 140 Å². The number of benzene rings is 1. The molecule has 3 heteroatoms. The standard InChI is InChI=1S/C20H29NO2/c1-12(2)18(19(22)23-8)21-17-10-14(4)13(3)9-16(17)15(5)11-20(21,6)7/h9-12,18H,1-8H3. The number of esters is 1. The lowest BCUT2D eigenvalue weighted by Gasteiger charge is -2.48.